The number of carboxylic acid groups (broad SMARTS) is 1. The zero-order chi connectivity index (χ0) is 15.3. The summed E-state index contributed by atoms with van der Waals surface area (Å²) in [5.74, 6) is 1.09. The predicted molar refractivity (Wildman–Crippen MR) is 82.5 cm³/mol. The van der Waals surface area contributed by atoms with Gasteiger partial charge in [0, 0.05) is 17.1 Å². The van der Waals surface area contributed by atoms with E-state index < -0.39 is 11.5 Å². The van der Waals surface area contributed by atoms with Gasteiger partial charge in [0.25, 0.3) is 0 Å². The topological polar surface area (TPSA) is 67.8 Å². The van der Waals surface area contributed by atoms with Crippen LogP contribution < -0.4 is 14.8 Å². The van der Waals surface area contributed by atoms with Crippen molar-refractivity contribution in [2.75, 3.05) is 25.5 Å². The van der Waals surface area contributed by atoms with Gasteiger partial charge >= 0.3 is 5.97 Å². The molecular formula is C15H21NO4S. The molecule has 0 fully saturated rings. The van der Waals surface area contributed by atoms with Gasteiger partial charge in [0.2, 0.25) is 0 Å². The monoisotopic (exact) mass is 311 g/mol. The Hall–Kier alpha value is -1.40. The third-order valence-corrected chi connectivity index (χ3v) is 4.59. The number of hydrogen-bond acceptors (Lipinski definition) is 5. The van der Waals surface area contributed by atoms with Crippen LogP contribution in [0.2, 0.25) is 0 Å². The smallest absolute Gasteiger partial charge is 0.324 e. The molecule has 5 nitrogen and oxygen atoms in total. The normalized spacial score (nSPS) is 16.9. The van der Waals surface area contributed by atoms with E-state index in [9.17, 15) is 9.90 Å². The Labute approximate surface area is 129 Å². The maximum absolute atomic E-state index is 11.4. The number of carbonyl (C=O) groups is 1. The lowest BCUT2D eigenvalue weighted by atomic mass is 10.1. The quantitative estimate of drug-likeness (QED) is 0.786. The van der Waals surface area contributed by atoms with E-state index in [1.165, 1.54) is 11.8 Å². The van der Waals surface area contributed by atoms with Gasteiger partial charge < -0.3 is 19.9 Å². The zero-order valence-electron chi connectivity index (χ0n) is 12.3. The summed E-state index contributed by atoms with van der Waals surface area (Å²) in [6.07, 6.45) is 0.870. The molecule has 0 bridgehead atoms. The summed E-state index contributed by atoms with van der Waals surface area (Å²) in [6, 6.07) is 5.74. The fourth-order valence-electron chi connectivity index (χ4n) is 2.04. The lowest BCUT2D eigenvalue weighted by molar-refractivity contribution is -0.143. The minimum absolute atomic E-state index is 0.440. The van der Waals surface area contributed by atoms with E-state index in [0.29, 0.717) is 25.5 Å². The molecule has 2 N–H and O–H groups in total. The van der Waals surface area contributed by atoms with E-state index in [1.54, 1.807) is 6.92 Å². The summed E-state index contributed by atoms with van der Waals surface area (Å²) < 4.78 is 11.2. The van der Waals surface area contributed by atoms with Crippen molar-refractivity contribution in [3.63, 3.8) is 0 Å². The van der Waals surface area contributed by atoms with Crippen molar-refractivity contribution in [2.45, 2.75) is 30.7 Å². The molecule has 116 valence electrons. The average Bonchev–Trinajstić information content (AvgIpc) is 2.70. The third kappa shape index (κ3) is 4.04. The lowest BCUT2D eigenvalue weighted by Crippen LogP contribution is -2.51. The van der Waals surface area contributed by atoms with Crippen molar-refractivity contribution in [2.24, 2.45) is 0 Å². The highest BCUT2D eigenvalue weighted by Crippen LogP contribution is 2.34. The zero-order valence-corrected chi connectivity index (χ0v) is 13.2. The first-order valence-corrected chi connectivity index (χ1v) is 8.04. The molecule has 1 aliphatic rings. The second kappa shape index (κ2) is 7.04. The summed E-state index contributed by atoms with van der Waals surface area (Å²) in [5.41, 5.74) is -0.941. The summed E-state index contributed by atoms with van der Waals surface area (Å²) >= 11 is 1.50. The van der Waals surface area contributed by atoms with E-state index in [-0.39, 0.29) is 0 Å². The fourth-order valence-corrected chi connectivity index (χ4v) is 3.08. The Balaban J connectivity index is 2.06. The maximum atomic E-state index is 11.4. The van der Waals surface area contributed by atoms with Crippen molar-refractivity contribution in [1.82, 2.24) is 5.32 Å². The second-order valence-corrected chi connectivity index (χ2v) is 6.16. The Kier molecular flexibility index (Phi) is 5.36. The molecule has 0 saturated heterocycles. The minimum atomic E-state index is -0.941. The van der Waals surface area contributed by atoms with Gasteiger partial charge in [0.05, 0.1) is 13.2 Å². The largest absolute Gasteiger partial charge is 0.490 e. The van der Waals surface area contributed by atoms with Gasteiger partial charge in [-0.25, -0.2) is 0 Å². The van der Waals surface area contributed by atoms with Crippen molar-refractivity contribution in [3.05, 3.63) is 18.2 Å². The van der Waals surface area contributed by atoms with Crippen LogP contribution in [-0.4, -0.2) is 42.1 Å². The van der Waals surface area contributed by atoms with Gasteiger partial charge in [-0.05, 0) is 31.7 Å². The molecule has 0 spiro atoms. The molecule has 2 rings (SSSR count). The molecule has 0 saturated carbocycles. The van der Waals surface area contributed by atoms with Crippen molar-refractivity contribution in [1.29, 1.82) is 0 Å². The highest BCUT2D eigenvalue weighted by Gasteiger charge is 2.32. The van der Waals surface area contributed by atoms with Crippen molar-refractivity contribution >= 4 is 17.7 Å². The van der Waals surface area contributed by atoms with Crippen LogP contribution in [0.1, 0.15) is 20.3 Å². The van der Waals surface area contributed by atoms with Crippen LogP contribution in [0.25, 0.3) is 0 Å². The number of benzene rings is 1. The van der Waals surface area contributed by atoms with Gasteiger partial charge in [0.15, 0.2) is 11.5 Å². The SMILES string of the molecule is CCNC(C)(CSc1ccc2c(c1)OCCCO2)C(=O)O. The van der Waals surface area contributed by atoms with E-state index in [0.717, 1.165) is 22.8 Å². The number of thioether (sulfide) groups is 1. The van der Waals surface area contributed by atoms with Crippen LogP contribution in [0, 0.1) is 0 Å². The number of aliphatic carboxylic acids is 1. The van der Waals surface area contributed by atoms with E-state index in [2.05, 4.69) is 5.32 Å². The molecule has 1 atom stereocenters. The minimum Gasteiger partial charge on any atom is -0.490 e. The number of carboxylic acids is 1. The maximum Gasteiger partial charge on any atom is 0.324 e. The van der Waals surface area contributed by atoms with Crippen molar-refractivity contribution in [3.8, 4) is 11.5 Å². The summed E-state index contributed by atoms with van der Waals surface area (Å²) in [6.45, 7) is 5.53. The predicted octanol–water partition coefficient (Wildman–Crippen LogP) is 2.39. The third-order valence-electron chi connectivity index (χ3n) is 3.29. The fraction of sp³-hybridized carbons (Fsp3) is 0.533. The molecule has 1 aliphatic heterocycles. The Bertz CT molecular complexity index is 508. The van der Waals surface area contributed by atoms with Crippen LogP contribution >= 0.6 is 11.8 Å². The number of ether oxygens (including phenoxy) is 2. The van der Waals surface area contributed by atoms with Gasteiger partial charge in [-0.1, -0.05) is 6.92 Å². The molecule has 0 aliphatic carbocycles. The first-order chi connectivity index (χ1) is 10.0. The number of hydrogen-bond donors (Lipinski definition) is 2. The number of rotatable bonds is 6. The molecule has 6 heteroatoms. The molecule has 0 radical (unpaired) electrons. The highest BCUT2D eigenvalue weighted by atomic mass is 32.2. The molecule has 0 amide bonds. The van der Waals surface area contributed by atoms with E-state index >= 15 is 0 Å². The number of likely N-dealkylation sites (N-methyl/N-ethyl adjacent to an activating group) is 1. The van der Waals surface area contributed by atoms with Crippen LogP contribution in [0.5, 0.6) is 11.5 Å². The molecule has 1 aromatic carbocycles. The molecule has 0 aromatic heterocycles. The van der Waals surface area contributed by atoms with Gasteiger partial charge in [-0.2, -0.15) is 0 Å². The van der Waals surface area contributed by atoms with Gasteiger partial charge in [-0.15, -0.1) is 11.8 Å². The van der Waals surface area contributed by atoms with Crippen LogP contribution in [-0.2, 0) is 4.79 Å². The van der Waals surface area contributed by atoms with Gasteiger partial charge in [-0.3, -0.25) is 4.79 Å². The summed E-state index contributed by atoms with van der Waals surface area (Å²) in [7, 11) is 0. The first kappa shape index (κ1) is 16.0. The summed E-state index contributed by atoms with van der Waals surface area (Å²) in [4.78, 5) is 12.4. The lowest BCUT2D eigenvalue weighted by Gasteiger charge is -2.25. The Morgan fingerprint density at radius 3 is 2.76 bits per heavy atom. The van der Waals surface area contributed by atoms with Gasteiger partial charge in [0.1, 0.15) is 5.54 Å². The Morgan fingerprint density at radius 2 is 2.10 bits per heavy atom. The molecule has 1 heterocycles. The number of fused-ring (bicyclic) bond motifs is 1. The van der Waals surface area contributed by atoms with Crippen molar-refractivity contribution < 1.29 is 19.4 Å². The molecule has 1 unspecified atom stereocenters. The molecular weight excluding hydrogens is 290 g/mol. The van der Waals surface area contributed by atoms with E-state index in [1.807, 2.05) is 25.1 Å². The van der Waals surface area contributed by atoms with E-state index in [4.69, 9.17) is 9.47 Å². The highest BCUT2D eigenvalue weighted by molar-refractivity contribution is 7.99. The molecule has 1 aromatic rings. The second-order valence-electron chi connectivity index (χ2n) is 5.12. The number of nitrogens with one attached hydrogen (secondary N) is 1. The standard InChI is InChI=1S/C15H21NO4S/c1-3-16-15(2,14(17)18)10-21-11-5-6-12-13(9-11)20-8-4-7-19-12/h5-6,9,16H,3-4,7-8,10H2,1-2H3,(H,17,18). The average molecular weight is 311 g/mol. The summed E-state index contributed by atoms with van der Waals surface area (Å²) in [5, 5.41) is 12.4. The first-order valence-electron chi connectivity index (χ1n) is 7.06. The van der Waals surface area contributed by atoms with Crippen LogP contribution in [0.4, 0.5) is 0 Å². The Morgan fingerprint density at radius 1 is 1.38 bits per heavy atom. The van der Waals surface area contributed by atoms with Crippen LogP contribution in [0.3, 0.4) is 0 Å². The molecule has 21 heavy (non-hydrogen) atoms. The van der Waals surface area contributed by atoms with Crippen LogP contribution in [0.15, 0.2) is 23.1 Å².